The molecule has 0 aromatic heterocycles. The highest BCUT2D eigenvalue weighted by Gasteiger charge is 2.29. The second-order valence-electron chi connectivity index (χ2n) is 4.15. The summed E-state index contributed by atoms with van der Waals surface area (Å²) in [5.74, 6) is 0.723. The van der Waals surface area contributed by atoms with Crippen LogP contribution in [0.25, 0.3) is 0 Å². The van der Waals surface area contributed by atoms with Crippen LogP contribution < -0.4 is 10.2 Å². The fraction of sp³-hybridized carbons (Fsp3) is 0.455. The van der Waals surface area contributed by atoms with Crippen LogP contribution in [0.2, 0.25) is 0 Å². The Bertz CT molecular complexity index is 349. The Morgan fingerprint density at radius 2 is 2.21 bits per heavy atom. The van der Waals surface area contributed by atoms with E-state index in [0.717, 1.165) is 11.3 Å². The zero-order valence-corrected chi connectivity index (χ0v) is 8.40. The van der Waals surface area contributed by atoms with E-state index in [1.807, 2.05) is 0 Å². The largest absolute Gasteiger partial charge is 0.872 e. The van der Waals surface area contributed by atoms with Gasteiger partial charge in [0.1, 0.15) is 0 Å². The molecule has 14 heavy (non-hydrogen) atoms. The lowest BCUT2D eigenvalue weighted by Gasteiger charge is -2.15. The third kappa shape index (κ3) is 1.34. The molecule has 0 spiro atoms. The lowest BCUT2D eigenvalue weighted by atomic mass is 9.90. The molecular formula is C11H14NO2-. The van der Waals surface area contributed by atoms with Crippen molar-refractivity contribution in [3.63, 3.8) is 0 Å². The quantitative estimate of drug-likeness (QED) is 0.736. The van der Waals surface area contributed by atoms with Gasteiger partial charge in [0.2, 0.25) is 0 Å². The maximum atomic E-state index is 11.2. The molecule has 1 aromatic rings. The molecule has 1 atom stereocenters. The molecule has 3 nitrogen and oxygen atoms in total. The molecule has 1 N–H and O–H groups in total. The van der Waals surface area contributed by atoms with E-state index in [1.54, 1.807) is 12.1 Å². The lowest BCUT2D eigenvalue weighted by Crippen LogP contribution is -2.18. The van der Waals surface area contributed by atoms with Gasteiger partial charge in [0.25, 0.3) is 0 Å². The van der Waals surface area contributed by atoms with E-state index in [4.69, 9.17) is 0 Å². The number of rotatable bonds is 1. The molecule has 0 aliphatic carbocycles. The maximum Gasteiger partial charge on any atom is 0.0669 e. The van der Waals surface area contributed by atoms with Crippen molar-refractivity contribution >= 4 is 5.69 Å². The Labute approximate surface area is 83.6 Å². The molecule has 1 aliphatic heterocycles. The average molecular weight is 192 g/mol. The number of nitrogens with zero attached hydrogens (tertiary/aromatic N) is 1. The molecule has 0 bridgehead atoms. The smallest absolute Gasteiger partial charge is 0.0669 e. The zero-order valence-electron chi connectivity index (χ0n) is 8.40. The van der Waals surface area contributed by atoms with Gasteiger partial charge in [-0.05, 0) is 17.5 Å². The van der Waals surface area contributed by atoms with Gasteiger partial charge in [-0.3, -0.25) is 10.3 Å². The summed E-state index contributed by atoms with van der Waals surface area (Å²) in [4.78, 5) is 0. The molecule has 2 rings (SSSR count). The summed E-state index contributed by atoms with van der Waals surface area (Å²) in [7, 11) is 0. The fourth-order valence-electron chi connectivity index (χ4n) is 2.02. The minimum absolute atomic E-state index is 0.0182. The number of benzene rings is 1. The van der Waals surface area contributed by atoms with Crippen molar-refractivity contribution in [3.8, 4) is 5.75 Å². The third-order valence-electron chi connectivity index (χ3n) is 2.85. The van der Waals surface area contributed by atoms with Crippen LogP contribution in [0.4, 0.5) is 5.69 Å². The van der Waals surface area contributed by atoms with E-state index in [9.17, 15) is 10.3 Å². The first-order valence-electron chi connectivity index (χ1n) is 4.87. The average Bonchev–Trinajstić information content (AvgIpc) is 2.43. The highest BCUT2D eigenvalue weighted by Crippen LogP contribution is 2.40. The summed E-state index contributed by atoms with van der Waals surface area (Å²) in [6, 6.07) is 4.82. The van der Waals surface area contributed by atoms with Gasteiger partial charge in [-0.1, -0.05) is 26.0 Å². The van der Waals surface area contributed by atoms with Crippen molar-refractivity contribution < 1.29 is 10.3 Å². The second-order valence-corrected chi connectivity index (χ2v) is 4.15. The number of hydrogen-bond acceptors (Lipinski definition) is 3. The van der Waals surface area contributed by atoms with Crippen LogP contribution in [0.15, 0.2) is 18.2 Å². The molecule has 0 fully saturated rings. The van der Waals surface area contributed by atoms with Gasteiger partial charge in [-0.15, -0.1) is 5.75 Å². The van der Waals surface area contributed by atoms with Gasteiger partial charge in [0.05, 0.1) is 12.2 Å². The van der Waals surface area contributed by atoms with Crippen LogP contribution >= 0.6 is 0 Å². The highest BCUT2D eigenvalue weighted by atomic mass is 16.5. The number of anilines is 1. The standard InChI is InChI=1S/C11H15NO2/c1-7(2)10-6-12(14)11-4-3-8(13)5-9(10)11/h3-5,7,10,13-14H,6H2,1-2H3/p-1. The summed E-state index contributed by atoms with van der Waals surface area (Å²) in [6.45, 7) is 4.80. The van der Waals surface area contributed by atoms with Crippen molar-refractivity contribution in [2.24, 2.45) is 5.92 Å². The van der Waals surface area contributed by atoms with Crippen molar-refractivity contribution in [2.45, 2.75) is 19.8 Å². The minimum Gasteiger partial charge on any atom is -0.872 e. The summed E-state index contributed by atoms with van der Waals surface area (Å²) in [5.41, 5.74) is 1.76. The Kier molecular flexibility index (Phi) is 2.11. The monoisotopic (exact) mass is 192 g/mol. The van der Waals surface area contributed by atoms with E-state index < -0.39 is 0 Å². The van der Waals surface area contributed by atoms with Crippen LogP contribution in [-0.2, 0) is 0 Å². The van der Waals surface area contributed by atoms with Crippen molar-refractivity contribution in [1.29, 1.82) is 0 Å². The van der Waals surface area contributed by atoms with E-state index in [0.29, 0.717) is 12.5 Å². The van der Waals surface area contributed by atoms with E-state index in [2.05, 4.69) is 13.8 Å². The van der Waals surface area contributed by atoms with Crippen molar-refractivity contribution in [2.75, 3.05) is 11.6 Å². The minimum atomic E-state index is 0.0182. The number of fused-ring (bicyclic) bond motifs is 1. The second kappa shape index (κ2) is 3.17. The molecule has 1 heterocycles. The van der Waals surface area contributed by atoms with Gasteiger partial charge in [-0.25, -0.2) is 0 Å². The van der Waals surface area contributed by atoms with Crippen molar-refractivity contribution in [1.82, 2.24) is 0 Å². The van der Waals surface area contributed by atoms with Gasteiger partial charge < -0.3 is 5.11 Å². The summed E-state index contributed by atoms with van der Waals surface area (Å²) < 4.78 is 0. The van der Waals surface area contributed by atoms with Crippen LogP contribution in [-0.4, -0.2) is 11.8 Å². The Morgan fingerprint density at radius 3 is 2.86 bits per heavy atom. The first-order valence-corrected chi connectivity index (χ1v) is 4.87. The van der Waals surface area contributed by atoms with Crippen LogP contribution in [0, 0.1) is 5.92 Å². The zero-order chi connectivity index (χ0) is 10.3. The first kappa shape index (κ1) is 9.34. The van der Waals surface area contributed by atoms with Gasteiger partial charge >= 0.3 is 0 Å². The SMILES string of the molecule is CC(C)C1CN(O)c2ccc([O-])cc21. The molecule has 0 amide bonds. The topological polar surface area (TPSA) is 46.5 Å². The molecule has 1 unspecified atom stereocenters. The molecule has 0 radical (unpaired) electrons. The van der Waals surface area contributed by atoms with E-state index in [1.165, 1.54) is 11.1 Å². The molecule has 0 saturated heterocycles. The molecule has 0 saturated carbocycles. The van der Waals surface area contributed by atoms with Crippen molar-refractivity contribution in [3.05, 3.63) is 23.8 Å². The fourth-order valence-corrected chi connectivity index (χ4v) is 2.02. The summed E-state index contributed by atoms with van der Waals surface area (Å²) in [5, 5.41) is 22.1. The summed E-state index contributed by atoms with van der Waals surface area (Å²) >= 11 is 0. The summed E-state index contributed by atoms with van der Waals surface area (Å²) in [6.07, 6.45) is 0. The predicted octanol–water partition coefficient (Wildman–Crippen LogP) is 1.71. The van der Waals surface area contributed by atoms with E-state index in [-0.39, 0.29) is 11.7 Å². The Morgan fingerprint density at radius 1 is 1.50 bits per heavy atom. The van der Waals surface area contributed by atoms with E-state index >= 15 is 0 Å². The van der Waals surface area contributed by atoms with Crippen LogP contribution in [0.3, 0.4) is 0 Å². The van der Waals surface area contributed by atoms with Crippen LogP contribution in [0.5, 0.6) is 5.75 Å². The van der Waals surface area contributed by atoms with Gasteiger partial charge in [-0.2, -0.15) is 0 Å². The maximum absolute atomic E-state index is 11.2. The molecule has 3 heteroatoms. The molecular weight excluding hydrogens is 178 g/mol. The third-order valence-corrected chi connectivity index (χ3v) is 2.85. The Hall–Kier alpha value is -1.22. The van der Waals surface area contributed by atoms with Gasteiger partial charge in [0, 0.05) is 5.92 Å². The van der Waals surface area contributed by atoms with Crippen LogP contribution in [0.1, 0.15) is 25.3 Å². The molecule has 1 aromatic carbocycles. The molecule has 1 aliphatic rings. The number of hydroxylamine groups is 1. The van der Waals surface area contributed by atoms with Gasteiger partial charge in [0.15, 0.2) is 0 Å². The lowest BCUT2D eigenvalue weighted by molar-refractivity contribution is -0.268. The highest BCUT2D eigenvalue weighted by molar-refractivity contribution is 5.60. The Balaban J connectivity index is 2.45. The number of hydrogen-bond donors (Lipinski definition) is 1. The molecule has 76 valence electrons. The predicted molar refractivity (Wildman–Crippen MR) is 52.6 cm³/mol. The normalized spacial score (nSPS) is 20.3. The first-order chi connectivity index (χ1) is 6.59.